The average Bonchev–Trinajstić information content (AvgIpc) is 2.44. The molecule has 0 N–H and O–H groups in total. The Labute approximate surface area is 130 Å². The minimum atomic E-state index is -0.880. The molecule has 0 fully saturated rings. The highest BCUT2D eigenvalue weighted by Gasteiger charge is 2.16. The molecule has 1 heterocycles. The molecule has 2 rings (SSSR count). The van der Waals surface area contributed by atoms with Gasteiger partial charge in [0.25, 0.3) is 0 Å². The van der Waals surface area contributed by atoms with Crippen LogP contribution in [0.15, 0.2) is 23.3 Å². The Bertz CT molecular complexity index is 721. The van der Waals surface area contributed by atoms with Crippen molar-refractivity contribution in [2.75, 3.05) is 7.11 Å². The molecular formula is C14H10Cl2F2N2O. The van der Waals surface area contributed by atoms with Crippen LogP contribution in [-0.4, -0.2) is 18.3 Å². The second-order valence-corrected chi connectivity index (χ2v) is 4.95. The van der Waals surface area contributed by atoms with Crippen molar-refractivity contribution in [3.63, 3.8) is 0 Å². The van der Waals surface area contributed by atoms with Crippen molar-refractivity contribution in [1.82, 2.24) is 4.98 Å². The third-order valence-corrected chi connectivity index (χ3v) is 3.26. The summed E-state index contributed by atoms with van der Waals surface area (Å²) >= 11 is 11.6. The standard InChI is InChI=1S/C14H10Cl2F2N2O/c1-7-3-10(21-2)13(18)14(12(7)17)20-6-8-5-19-11(16)4-9(8)15/h3-6H,1-2H3. The average molecular weight is 331 g/mol. The predicted octanol–water partition coefficient (Wildman–Crippen LogP) is 4.73. The van der Waals surface area contributed by atoms with Gasteiger partial charge >= 0.3 is 0 Å². The van der Waals surface area contributed by atoms with E-state index in [2.05, 4.69) is 9.98 Å². The number of hydrogen-bond acceptors (Lipinski definition) is 3. The second kappa shape index (κ2) is 6.37. The minimum Gasteiger partial charge on any atom is -0.494 e. The molecular weight excluding hydrogens is 321 g/mol. The number of rotatable bonds is 3. The van der Waals surface area contributed by atoms with Gasteiger partial charge in [-0.3, -0.25) is 0 Å². The van der Waals surface area contributed by atoms with E-state index >= 15 is 0 Å². The van der Waals surface area contributed by atoms with E-state index < -0.39 is 17.3 Å². The summed E-state index contributed by atoms with van der Waals surface area (Å²) in [5.74, 6) is -1.72. The van der Waals surface area contributed by atoms with Crippen LogP contribution in [0.25, 0.3) is 0 Å². The number of ether oxygens (including phenoxy) is 1. The highest BCUT2D eigenvalue weighted by Crippen LogP contribution is 2.32. The molecule has 1 aromatic heterocycles. The van der Waals surface area contributed by atoms with Crippen molar-refractivity contribution >= 4 is 35.1 Å². The summed E-state index contributed by atoms with van der Waals surface area (Å²) in [6.45, 7) is 1.49. The zero-order chi connectivity index (χ0) is 15.6. The first-order valence-corrected chi connectivity index (χ1v) is 6.57. The van der Waals surface area contributed by atoms with E-state index in [1.807, 2.05) is 0 Å². The molecule has 0 aliphatic carbocycles. The third-order valence-electron chi connectivity index (χ3n) is 2.73. The van der Waals surface area contributed by atoms with Crippen molar-refractivity contribution < 1.29 is 13.5 Å². The van der Waals surface area contributed by atoms with Gasteiger partial charge in [-0.05, 0) is 24.6 Å². The summed E-state index contributed by atoms with van der Waals surface area (Å²) in [6, 6.07) is 2.68. The zero-order valence-corrected chi connectivity index (χ0v) is 12.6. The minimum absolute atomic E-state index is 0.0821. The molecule has 0 atom stereocenters. The van der Waals surface area contributed by atoms with Crippen LogP contribution < -0.4 is 4.74 Å². The van der Waals surface area contributed by atoms with Gasteiger partial charge in [0, 0.05) is 18.0 Å². The van der Waals surface area contributed by atoms with Gasteiger partial charge in [0.1, 0.15) is 10.8 Å². The number of benzene rings is 1. The fourth-order valence-electron chi connectivity index (χ4n) is 1.63. The van der Waals surface area contributed by atoms with Crippen LogP contribution in [0.4, 0.5) is 14.5 Å². The maximum Gasteiger partial charge on any atom is 0.193 e. The number of halogens is 4. The molecule has 0 bridgehead atoms. The first-order valence-electron chi connectivity index (χ1n) is 5.81. The number of nitrogens with zero attached hydrogens (tertiary/aromatic N) is 2. The zero-order valence-electron chi connectivity index (χ0n) is 11.1. The predicted molar refractivity (Wildman–Crippen MR) is 79.2 cm³/mol. The van der Waals surface area contributed by atoms with Crippen molar-refractivity contribution in [2.24, 2.45) is 4.99 Å². The maximum atomic E-state index is 14.0. The number of aromatic nitrogens is 1. The van der Waals surface area contributed by atoms with E-state index in [1.165, 1.54) is 38.6 Å². The van der Waals surface area contributed by atoms with Crippen LogP contribution in [0.5, 0.6) is 5.75 Å². The normalized spacial score (nSPS) is 11.1. The maximum absolute atomic E-state index is 14.0. The summed E-state index contributed by atoms with van der Waals surface area (Å²) in [7, 11) is 1.29. The lowest BCUT2D eigenvalue weighted by Crippen LogP contribution is -1.95. The molecule has 0 amide bonds. The number of aliphatic imine (C=N–C) groups is 1. The largest absolute Gasteiger partial charge is 0.494 e. The van der Waals surface area contributed by atoms with E-state index in [9.17, 15) is 8.78 Å². The molecule has 0 saturated carbocycles. The Morgan fingerprint density at radius 2 is 1.95 bits per heavy atom. The Morgan fingerprint density at radius 3 is 2.57 bits per heavy atom. The fraction of sp³-hybridized carbons (Fsp3) is 0.143. The Kier molecular flexibility index (Phi) is 4.75. The molecule has 0 aliphatic rings. The van der Waals surface area contributed by atoms with Crippen molar-refractivity contribution in [3.05, 3.63) is 51.3 Å². The summed E-state index contributed by atoms with van der Waals surface area (Å²) in [5.41, 5.74) is 0.166. The second-order valence-electron chi connectivity index (χ2n) is 4.16. The number of aryl methyl sites for hydroxylation is 1. The summed E-state index contributed by atoms with van der Waals surface area (Å²) < 4.78 is 32.8. The molecule has 110 valence electrons. The van der Waals surface area contributed by atoms with E-state index in [4.69, 9.17) is 27.9 Å². The molecule has 7 heteroatoms. The van der Waals surface area contributed by atoms with Gasteiger partial charge in [0.15, 0.2) is 17.4 Å². The lowest BCUT2D eigenvalue weighted by atomic mass is 10.2. The Balaban J connectivity index is 2.48. The smallest absolute Gasteiger partial charge is 0.193 e. The Hall–Kier alpha value is -1.72. The summed E-state index contributed by atoms with van der Waals surface area (Å²) in [5, 5.41) is 0.492. The molecule has 2 aromatic rings. The van der Waals surface area contributed by atoms with Gasteiger partial charge in [-0.15, -0.1) is 0 Å². The van der Waals surface area contributed by atoms with Crippen molar-refractivity contribution in [3.8, 4) is 5.75 Å². The topological polar surface area (TPSA) is 34.5 Å². The van der Waals surface area contributed by atoms with Crippen molar-refractivity contribution in [1.29, 1.82) is 0 Å². The van der Waals surface area contributed by atoms with Gasteiger partial charge in [0.05, 0.1) is 12.1 Å². The van der Waals surface area contributed by atoms with Gasteiger partial charge < -0.3 is 4.74 Å². The summed E-state index contributed by atoms with van der Waals surface area (Å²) in [6.07, 6.45) is 2.57. The molecule has 0 radical (unpaired) electrons. The lowest BCUT2D eigenvalue weighted by Gasteiger charge is -2.08. The van der Waals surface area contributed by atoms with E-state index in [1.54, 1.807) is 0 Å². The number of methoxy groups -OCH3 is 1. The van der Waals surface area contributed by atoms with Crippen LogP contribution in [-0.2, 0) is 0 Å². The van der Waals surface area contributed by atoms with Gasteiger partial charge in [-0.2, -0.15) is 0 Å². The first-order chi connectivity index (χ1) is 9.93. The molecule has 0 spiro atoms. The Morgan fingerprint density at radius 1 is 1.24 bits per heavy atom. The third kappa shape index (κ3) is 3.31. The molecule has 0 unspecified atom stereocenters. The molecule has 21 heavy (non-hydrogen) atoms. The van der Waals surface area contributed by atoms with Gasteiger partial charge in [-0.1, -0.05) is 23.2 Å². The van der Waals surface area contributed by atoms with Crippen LogP contribution in [0.2, 0.25) is 10.2 Å². The fourth-order valence-corrected chi connectivity index (χ4v) is 2.05. The lowest BCUT2D eigenvalue weighted by molar-refractivity contribution is 0.384. The van der Waals surface area contributed by atoms with Crippen LogP contribution in [0.3, 0.4) is 0 Å². The van der Waals surface area contributed by atoms with Crippen molar-refractivity contribution in [2.45, 2.75) is 6.92 Å². The van der Waals surface area contributed by atoms with Crippen LogP contribution >= 0.6 is 23.2 Å². The summed E-state index contributed by atoms with van der Waals surface area (Å²) in [4.78, 5) is 7.64. The highest BCUT2D eigenvalue weighted by molar-refractivity contribution is 6.35. The molecule has 1 aromatic carbocycles. The van der Waals surface area contributed by atoms with Crippen LogP contribution in [0.1, 0.15) is 11.1 Å². The first kappa shape index (κ1) is 15.7. The molecule has 0 aliphatic heterocycles. The van der Waals surface area contributed by atoms with E-state index in [0.29, 0.717) is 5.56 Å². The molecule has 0 saturated heterocycles. The number of hydrogen-bond donors (Lipinski definition) is 0. The van der Waals surface area contributed by atoms with Gasteiger partial charge in [-0.25, -0.2) is 18.8 Å². The number of pyridine rings is 1. The quantitative estimate of drug-likeness (QED) is 0.602. The monoisotopic (exact) mass is 330 g/mol. The van der Waals surface area contributed by atoms with Gasteiger partial charge in [0.2, 0.25) is 0 Å². The highest BCUT2D eigenvalue weighted by atomic mass is 35.5. The molecule has 3 nitrogen and oxygen atoms in total. The SMILES string of the molecule is COc1cc(C)c(F)c(N=Cc2cnc(Cl)cc2Cl)c1F. The van der Waals surface area contributed by atoms with E-state index in [0.717, 1.165) is 0 Å². The van der Waals surface area contributed by atoms with E-state index in [-0.39, 0.29) is 21.5 Å². The van der Waals surface area contributed by atoms with Crippen LogP contribution in [0, 0.1) is 18.6 Å².